The molecule has 0 radical (unpaired) electrons. The van der Waals surface area contributed by atoms with Crippen LogP contribution in [0.25, 0.3) is 5.78 Å². The van der Waals surface area contributed by atoms with E-state index in [1.807, 2.05) is 0 Å². The highest BCUT2D eigenvalue weighted by atomic mass is 19.4. The summed E-state index contributed by atoms with van der Waals surface area (Å²) in [7, 11) is 1.77. The first-order valence-corrected chi connectivity index (χ1v) is 14.7. The van der Waals surface area contributed by atoms with E-state index in [9.17, 15) is 26.7 Å². The molecule has 1 amide bonds. The van der Waals surface area contributed by atoms with Crippen LogP contribution in [0.3, 0.4) is 0 Å². The first kappa shape index (κ1) is 29.4. The van der Waals surface area contributed by atoms with Crippen molar-refractivity contribution in [2.45, 2.75) is 62.7 Å². The van der Waals surface area contributed by atoms with Crippen LogP contribution in [0, 0.1) is 17.8 Å². The van der Waals surface area contributed by atoms with E-state index >= 15 is 0 Å². The van der Waals surface area contributed by atoms with Crippen LogP contribution >= 0.6 is 0 Å². The molecule has 4 aliphatic rings. The van der Waals surface area contributed by atoms with Crippen molar-refractivity contribution in [3.63, 3.8) is 0 Å². The van der Waals surface area contributed by atoms with Crippen LogP contribution in [-0.4, -0.2) is 102 Å². The maximum absolute atomic E-state index is 13.8. The molecular formula is C27H37F5N8O2. The topological polar surface area (TPSA) is 99.9 Å². The standard InChI is InChI=1S/C27H37F5N8O2/c1-33-22(16-2-4-26(28,29)5-3-16)21-13-40-25(35-21)36-23(39-8-6-38(7-9-39)19-14-42-15-19)20(37-40)11-17-10-18(27(30,31)32)12-34-24(17)41/h13,16-19,22,33H,2-12,14-15H2,1H3,(H,34,41)/t17-,18-,22?/m1/s1. The predicted octanol–water partition coefficient (Wildman–Crippen LogP) is 2.59. The number of hydrogen-bond donors (Lipinski definition) is 2. The van der Waals surface area contributed by atoms with E-state index < -0.39 is 36.4 Å². The summed E-state index contributed by atoms with van der Waals surface area (Å²) in [6.45, 7) is 3.81. The molecule has 42 heavy (non-hydrogen) atoms. The molecule has 3 aliphatic heterocycles. The number of amides is 1. The van der Waals surface area contributed by atoms with Gasteiger partial charge in [-0.05, 0) is 32.2 Å². The molecule has 2 aromatic rings. The zero-order valence-electron chi connectivity index (χ0n) is 23.5. The number of halogens is 5. The van der Waals surface area contributed by atoms with E-state index in [4.69, 9.17) is 19.8 Å². The highest BCUT2D eigenvalue weighted by Gasteiger charge is 2.45. The van der Waals surface area contributed by atoms with Gasteiger partial charge < -0.3 is 20.3 Å². The van der Waals surface area contributed by atoms with Gasteiger partial charge in [0, 0.05) is 57.9 Å². The van der Waals surface area contributed by atoms with Crippen molar-refractivity contribution in [1.82, 2.24) is 35.1 Å². The number of piperidine rings is 1. The molecule has 1 aliphatic carbocycles. The van der Waals surface area contributed by atoms with Crippen LogP contribution in [0.15, 0.2) is 6.20 Å². The maximum atomic E-state index is 13.8. The van der Waals surface area contributed by atoms with Crippen LogP contribution in [0.1, 0.15) is 49.5 Å². The third kappa shape index (κ3) is 6.05. The van der Waals surface area contributed by atoms with Crippen molar-refractivity contribution in [3.05, 3.63) is 17.6 Å². The highest BCUT2D eigenvalue weighted by molar-refractivity contribution is 5.80. The number of carbonyl (C=O) groups is 1. The first-order chi connectivity index (χ1) is 20.0. The Hall–Kier alpha value is -2.65. The van der Waals surface area contributed by atoms with Crippen molar-refractivity contribution in [3.8, 4) is 0 Å². The minimum Gasteiger partial charge on any atom is -0.378 e. The molecule has 10 nitrogen and oxygen atoms in total. The van der Waals surface area contributed by atoms with E-state index in [-0.39, 0.29) is 37.6 Å². The van der Waals surface area contributed by atoms with Gasteiger partial charge in [0.05, 0.1) is 43.1 Å². The first-order valence-electron chi connectivity index (χ1n) is 14.7. The molecule has 0 aromatic carbocycles. The summed E-state index contributed by atoms with van der Waals surface area (Å²) in [6, 6.07) is 0.111. The smallest absolute Gasteiger partial charge is 0.378 e. The molecule has 4 fully saturated rings. The van der Waals surface area contributed by atoms with Crippen LogP contribution in [0.2, 0.25) is 0 Å². The van der Waals surface area contributed by atoms with Crippen molar-refractivity contribution >= 4 is 17.5 Å². The molecule has 5 heterocycles. The lowest BCUT2D eigenvalue weighted by Crippen LogP contribution is -2.57. The summed E-state index contributed by atoms with van der Waals surface area (Å²) in [5.41, 5.74) is 1.06. The summed E-state index contributed by atoms with van der Waals surface area (Å²) in [5.74, 6) is -4.78. The number of fused-ring (bicyclic) bond motifs is 1. The third-order valence-electron chi connectivity index (χ3n) is 9.36. The largest absolute Gasteiger partial charge is 0.393 e. The number of imidazole rings is 1. The average molecular weight is 601 g/mol. The van der Waals surface area contributed by atoms with E-state index in [1.54, 1.807) is 13.2 Å². The van der Waals surface area contributed by atoms with Gasteiger partial charge in [0.25, 0.3) is 5.78 Å². The number of nitrogens with zero attached hydrogens (tertiary/aromatic N) is 6. The number of alkyl halides is 5. The summed E-state index contributed by atoms with van der Waals surface area (Å²) in [5, 5.41) is 10.4. The van der Waals surface area contributed by atoms with E-state index in [1.165, 1.54) is 4.52 Å². The Bertz CT molecular complexity index is 1270. The summed E-state index contributed by atoms with van der Waals surface area (Å²) < 4.78 is 75.1. The fraction of sp³-hybridized carbons (Fsp3) is 0.778. The fourth-order valence-electron chi connectivity index (χ4n) is 6.71. The Morgan fingerprint density at radius 1 is 1.14 bits per heavy atom. The Morgan fingerprint density at radius 3 is 2.48 bits per heavy atom. The molecule has 1 saturated carbocycles. The second-order valence-electron chi connectivity index (χ2n) is 12.1. The van der Waals surface area contributed by atoms with Crippen LogP contribution in [0.5, 0.6) is 0 Å². The average Bonchev–Trinajstić information content (AvgIpc) is 3.32. The number of rotatable bonds is 7. The molecule has 2 aromatic heterocycles. The van der Waals surface area contributed by atoms with Crippen molar-refractivity contribution in [2.75, 3.05) is 57.9 Å². The van der Waals surface area contributed by atoms with Gasteiger partial charge in [0.15, 0.2) is 5.82 Å². The minimum atomic E-state index is -4.41. The minimum absolute atomic E-state index is 0.00798. The maximum Gasteiger partial charge on any atom is 0.393 e. The normalized spacial score (nSPS) is 27.2. The number of anilines is 1. The molecule has 6 rings (SSSR count). The molecule has 0 spiro atoms. The SMILES string of the molecule is CNC(c1cn2nc(C[C@H]3C[C@@H](C(F)(F)F)CNC3=O)c(N3CCN(C4COC4)CC3)nc2n1)C1CCC(F)(F)CC1. The molecular weight excluding hydrogens is 563 g/mol. The lowest BCUT2D eigenvalue weighted by molar-refractivity contribution is -0.183. The number of piperazine rings is 1. The van der Waals surface area contributed by atoms with Gasteiger partial charge in [-0.1, -0.05) is 0 Å². The number of carbonyl (C=O) groups excluding carboxylic acids is 1. The highest BCUT2D eigenvalue weighted by Crippen LogP contribution is 2.41. The van der Waals surface area contributed by atoms with E-state index in [0.717, 1.165) is 13.1 Å². The van der Waals surface area contributed by atoms with Crippen LogP contribution < -0.4 is 15.5 Å². The molecule has 15 heteroatoms. The lowest BCUT2D eigenvalue weighted by atomic mass is 9.81. The van der Waals surface area contributed by atoms with Gasteiger partial charge in [0.1, 0.15) is 5.69 Å². The number of ether oxygens (including phenoxy) is 1. The van der Waals surface area contributed by atoms with E-state index in [2.05, 4.69) is 20.4 Å². The van der Waals surface area contributed by atoms with Gasteiger partial charge in [-0.15, -0.1) is 0 Å². The van der Waals surface area contributed by atoms with Crippen LogP contribution in [-0.2, 0) is 16.0 Å². The summed E-state index contributed by atoms with van der Waals surface area (Å²) in [6.07, 6.45) is -2.63. The Morgan fingerprint density at radius 2 is 1.86 bits per heavy atom. The molecule has 0 bridgehead atoms. The molecule has 2 N–H and O–H groups in total. The Kier molecular flexibility index (Phi) is 8.02. The van der Waals surface area contributed by atoms with Gasteiger partial charge in [-0.3, -0.25) is 9.69 Å². The Labute approximate surface area is 240 Å². The second-order valence-corrected chi connectivity index (χ2v) is 12.1. The van der Waals surface area contributed by atoms with Crippen molar-refractivity contribution in [2.24, 2.45) is 17.8 Å². The zero-order chi connectivity index (χ0) is 29.6. The zero-order valence-corrected chi connectivity index (χ0v) is 23.5. The molecule has 232 valence electrons. The van der Waals surface area contributed by atoms with Crippen molar-refractivity contribution < 1.29 is 31.5 Å². The van der Waals surface area contributed by atoms with Gasteiger partial charge in [-0.2, -0.15) is 23.3 Å². The van der Waals surface area contributed by atoms with Crippen molar-refractivity contribution in [1.29, 1.82) is 0 Å². The van der Waals surface area contributed by atoms with Gasteiger partial charge >= 0.3 is 6.18 Å². The van der Waals surface area contributed by atoms with Crippen LogP contribution in [0.4, 0.5) is 27.8 Å². The molecule has 3 saturated heterocycles. The molecule has 3 atom stereocenters. The monoisotopic (exact) mass is 600 g/mol. The summed E-state index contributed by atoms with van der Waals surface area (Å²) >= 11 is 0. The molecule has 1 unspecified atom stereocenters. The third-order valence-corrected chi connectivity index (χ3v) is 9.36. The lowest BCUT2D eigenvalue weighted by Gasteiger charge is -2.43. The number of hydrogen-bond acceptors (Lipinski definition) is 8. The Balaban J connectivity index is 1.29. The number of nitrogens with one attached hydrogen (secondary N) is 2. The van der Waals surface area contributed by atoms with E-state index in [0.29, 0.717) is 68.2 Å². The fourth-order valence-corrected chi connectivity index (χ4v) is 6.71. The quantitative estimate of drug-likeness (QED) is 0.468. The second kappa shape index (κ2) is 11.5. The predicted molar refractivity (Wildman–Crippen MR) is 142 cm³/mol. The van der Waals surface area contributed by atoms with Gasteiger partial charge in [0.2, 0.25) is 11.8 Å². The number of aromatic nitrogens is 4. The van der Waals surface area contributed by atoms with Gasteiger partial charge in [-0.25, -0.2) is 18.3 Å². The summed E-state index contributed by atoms with van der Waals surface area (Å²) in [4.78, 5) is 26.7.